The Hall–Kier alpha value is -1.55. The molecule has 2 rings (SSSR count). The van der Waals surface area contributed by atoms with Gasteiger partial charge in [0.1, 0.15) is 5.75 Å². The van der Waals surface area contributed by atoms with Gasteiger partial charge in [-0.25, -0.2) is 0 Å². The van der Waals surface area contributed by atoms with E-state index in [4.69, 9.17) is 4.74 Å². The van der Waals surface area contributed by atoms with Crippen LogP contribution in [0, 0.1) is 0 Å². The van der Waals surface area contributed by atoms with Gasteiger partial charge in [0, 0.05) is 12.6 Å². The largest absolute Gasteiger partial charge is 0.497 e. The molecule has 4 heteroatoms. The summed E-state index contributed by atoms with van der Waals surface area (Å²) in [4.78, 5) is 11.8. The molecule has 0 radical (unpaired) electrons. The number of nitrogens with one attached hydrogen (secondary N) is 2. The van der Waals surface area contributed by atoms with Crippen molar-refractivity contribution in [2.45, 2.75) is 18.9 Å². The molecule has 1 aliphatic rings. The first kappa shape index (κ1) is 11.9. The van der Waals surface area contributed by atoms with Crippen molar-refractivity contribution < 1.29 is 9.53 Å². The lowest BCUT2D eigenvalue weighted by Crippen LogP contribution is -2.37. The van der Waals surface area contributed by atoms with Crippen LogP contribution in [-0.4, -0.2) is 32.1 Å². The molecule has 1 aromatic carbocycles. The minimum atomic E-state index is 0.0759. The average molecular weight is 234 g/mol. The van der Waals surface area contributed by atoms with Gasteiger partial charge in [0.05, 0.1) is 13.5 Å². The van der Waals surface area contributed by atoms with Crippen molar-refractivity contribution in [3.05, 3.63) is 29.8 Å². The minimum Gasteiger partial charge on any atom is -0.497 e. The Morgan fingerprint density at radius 3 is 3.18 bits per heavy atom. The number of rotatable bonds is 4. The van der Waals surface area contributed by atoms with Gasteiger partial charge in [-0.15, -0.1) is 0 Å². The molecule has 17 heavy (non-hydrogen) atoms. The van der Waals surface area contributed by atoms with Crippen LogP contribution in [-0.2, 0) is 11.2 Å². The fourth-order valence-electron chi connectivity index (χ4n) is 2.02. The fourth-order valence-corrected chi connectivity index (χ4v) is 2.02. The lowest BCUT2D eigenvalue weighted by atomic mass is 10.1. The van der Waals surface area contributed by atoms with E-state index >= 15 is 0 Å². The summed E-state index contributed by atoms with van der Waals surface area (Å²) in [6, 6.07) is 7.90. The number of amides is 1. The first-order chi connectivity index (χ1) is 8.28. The van der Waals surface area contributed by atoms with E-state index in [9.17, 15) is 4.79 Å². The summed E-state index contributed by atoms with van der Waals surface area (Å²) in [6.07, 6.45) is 1.43. The Morgan fingerprint density at radius 2 is 2.47 bits per heavy atom. The van der Waals surface area contributed by atoms with Crippen LogP contribution in [0.2, 0.25) is 0 Å². The first-order valence-corrected chi connectivity index (χ1v) is 5.91. The van der Waals surface area contributed by atoms with Crippen molar-refractivity contribution in [3.8, 4) is 5.75 Å². The Morgan fingerprint density at radius 1 is 1.59 bits per heavy atom. The van der Waals surface area contributed by atoms with Crippen LogP contribution in [0.5, 0.6) is 5.75 Å². The molecule has 0 spiro atoms. The molecule has 1 saturated heterocycles. The molecule has 1 amide bonds. The van der Waals surface area contributed by atoms with E-state index in [2.05, 4.69) is 10.6 Å². The van der Waals surface area contributed by atoms with Gasteiger partial charge in [0.15, 0.2) is 0 Å². The monoisotopic (exact) mass is 234 g/mol. The number of carbonyl (C=O) groups excluding carboxylic acids is 1. The van der Waals surface area contributed by atoms with Crippen molar-refractivity contribution in [1.29, 1.82) is 0 Å². The van der Waals surface area contributed by atoms with Gasteiger partial charge in [-0.2, -0.15) is 0 Å². The zero-order valence-corrected chi connectivity index (χ0v) is 10.0. The van der Waals surface area contributed by atoms with Crippen LogP contribution in [0.3, 0.4) is 0 Å². The summed E-state index contributed by atoms with van der Waals surface area (Å²) in [5.41, 5.74) is 0.979. The van der Waals surface area contributed by atoms with Crippen molar-refractivity contribution in [1.82, 2.24) is 10.6 Å². The van der Waals surface area contributed by atoms with Crippen molar-refractivity contribution in [2.75, 3.05) is 20.2 Å². The maximum absolute atomic E-state index is 11.8. The van der Waals surface area contributed by atoms with Gasteiger partial charge < -0.3 is 15.4 Å². The van der Waals surface area contributed by atoms with E-state index in [1.165, 1.54) is 0 Å². The van der Waals surface area contributed by atoms with Crippen LogP contribution >= 0.6 is 0 Å². The maximum Gasteiger partial charge on any atom is 0.224 e. The van der Waals surface area contributed by atoms with E-state index in [-0.39, 0.29) is 11.9 Å². The molecule has 0 aliphatic carbocycles. The lowest BCUT2D eigenvalue weighted by molar-refractivity contribution is -0.121. The molecular formula is C13H18N2O2. The van der Waals surface area contributed by atoms with Gasteiger partial charge in [-0.05, 0) is 30.7 Å². The Balaban J connectivity index is 1.88. The highest BCUT2D eigenvalue weighted by molar-refractivity contribution is 5.79. The molecule has 92 valence electrons. The maximum atomic E-state index is 11.8. The molecule has 1 aromatic rings. The smallest absolute Gasteiger partial charge is 0.224 e. The second-order valence-corrected chi connectivity index (χ2v) is 4.29. The van der Waals surface area contributed by atoms with Gasteiger partial charge in [-0.3, -0.25) is 4.79 Å². The Bertz CT molecular complexity index is 387. The van der Waals surface area contributed by atoms with Crippen molar-refractivity contribution in [2.24, 2.45) is 0 Å². The highest BCUT2D eigenvalue weighted by atomic mass is 16.5. The molecule has 1 heterocycles. The Labute approximate surface area is 101 Å². The number of hydrogen-bond donors (Lipinski definition) is 2. The van der Waals surface area contributed by atoms with Crippen LogP contribution in [0.15, 0.2) is 24.3 Å². The van der Waals surface area contributed by atoms with E-state index in [1.807, 2.05) is 24.3 Å². The van der Waals surface area contributed by atoms with Gasteiger partial charge >= 0.3 is 0 Å². The molecule has 1 unspecified atom stereocenters. The molecule has 0 saturated carbocycles. The van der Waals surface area contributed by atoms with E-state index in [0.29, 0.717) is 6.42 Å². The SMILES string of the molecule is COc1cccc(CC(=O)NC2CCNC2)c1. The van der Waals surface area contributed by atoms with Gasteiger partial charge in [-0.1, -0.05) is 12.1 Å². The molecule has 1 fully saturated rings. The van der Waals surface area contributed by atoms with E-state index < -0.39 is 0 Å². The highest BCUT2D eigenvalue weighted by Crippen LogP contribution is 2.13. The summed E-state index contributed by atoms with van der Waals surface area (Å²) < 4.78 is 5.13. The van der Waals surface area contributed by atoms with Gasteiger partial charge in [0.2, 0.25) is 5.91 Å². The molecule has 1 aliphatic heterocycles. The van der Waals surface area contributed by atoms with E-state index in [1.54, 1.807) is 7.11 Å². The van der Waals surface area contributed by atoms with Gasteiger partial charge in [0.25, 0.3) is 0 Å². The zero-order valence-electron chi connectivity index (χ0n) is 10.0. The number of ether oxygens (including phenoxy) is 1. The third-order valence-corrected chi connectivity index (χ3v) is 2.92. The second kappa shape index (κ2) is 5.68. The summed E-state index contributed by atoms with van der Waals surface area (Å²) in [5, 5.41) is 6.25. The summed E-state index contributed by atoms with van der Waals surface area (Å²) >= 11 is 0. The van der Waals surface area contributed by atoms with Crippen molar-refractivity contribution >= 4 is 5.91 Å². The van der Waals surface area contributed by atoms with Crippen LogP contribution in [0.25, 0.3) is 0 Å². The minimum absolute atomic E-state index is 0.0759. The topological polar surface area (TPSA) is 50.4 Å². The molecule has 0 bridgehead atoms. The normalized spacial score (nSPS) is 19.0. The van der Waals surface area contributed by atoms with Crippen LogP contribution in [0.1, 0.15) is 12.0 Å². The fraction of sp³-hybridized carbons (Fsp3) is 0.462. The first-order valence-electron chi connectivity index (χ1n) is 5.91. The zero-order chi connectivity index (χ0) is 12.1. The molecule has 2 N–H and O–H groups in total. The summed E-state index contributed by atoms with van der Waals surface area (Å²) in [7, 11) is 1.63. The quantitative estimate of drug-likeness (QED) is 0.807. The van der Waals surface area contributed by atoms with Crippen LogP contribution < -0.4 is 15.4 Å². The van der Waals surface area contributed by atoms with Crippen LogP contribution in [0.4, 0.5) is 0 Å². The van der Waals surface area contributed by atoms with Crippen molar-refractivity contribution in [3.63, 3.8) is 0 Å². The third-order valence-electron chi connectivity index (χ3n) is 2.92. The number of hydrogen-bond acceptors (Lipinski definition) is 3. The second-order valence-electron chi connectivity index (χ2n) is 4.29. The molecule has 1 atom stereocenters. The predicted octanol–water partition coefficient (Wildman–Crippen LogP) is 0.716. The highest BCUT2D eigenvalue weighted by Gasteiger charge is 2.16. The average Bonchev–Trinajstić information content (AvgIpc) is 2.82. The number of benzene rings is 1. The molecule has 0 aromatic heterocycles. The number of methoxy groups -OCH3 is 1. The summed E-state index contributed by atoms with van der Waals surface area (Å²) in [6.45, 7) is 1.87. The molecule has 4 nitrogen and oxygen atoms in total. The van der Waals surface area contributed by atoms with E-state index in [0.717, 1.165) is 30.8 Å². The molecular weight excluding hydrogens is 216 g/mol. The predicted molar refractivity (Wildman–Crippen MR) is 66.1 cm³/mol. The Kier molecular flexibility index (Phi) is 3.98. The number of carbonyl (C=O) groups is 1. The third kappa shape index (κ3) is 3.46. The lowest BCUT2D eigenvalue weighted by Gasteiger charge is -2.11. The standard InChI is InChI=1S/C13H18N2O2/c1-17-12-4-2-3-10(7-12)8-13(16)15-11-5-6-14-9-11/h2-4,7,11,14H,5-6,8-9H2,1H3,(H,15,16). The summed E-state index contributed by atoms with van der Waals surface area (Å²) in [5.74, 6) is 0.866.